The Bertz CT molecular complexity index is 831. The van der Waals surface area contributed by atoms with Crippen LogP contribution in [0.5, 0.6) is 0 Å². The molecular weight excluding hydrogens is 250 g/mol. The molecule has 0 radical (unpaired) electrons. The average molecular weight is 259 g/mol. The summed E-state index contributed by atoms with van der Waals surface area (Å²) >= 11 is 0. The van der Waals surface area contributed by atoms with Crippen LogP contribution in [0.4, 0.5) is 0 Å². The number of aromatic nitrogens is 1. The van der Waals surface area contributed by atoms with Gasteiger partial charge in [-0.2, -0.15) is 15.8 Å². The maximum atomic E-state index is 9.11. The zero-order valence-electron chi connectivity index (χ0n) is 10.4. The van der Waals surface area contributed by atoms with Gasteiger partial charge in [0.15, 0.2) is 5.57 Å². The summed E-state index contributed by atoms with van der Waals surface area (Å²) in [6.45, 7) is 0. The molecule has 0 atom stereocenters. The van der Waals surface area contributed by atoms with Crippen molar-refractivity contribution in [1.82, 2.24) is 4.98 Å². The molecule has 1 heterocycles. The maximum absolute atomic E-state index is 9.11. The molecule has 3 N–H and O–H groups in total. The topological polar surface area (TPSA) is 113 Å². The number of aromatic amines is 1. The summed E-state index contributed by atoms with van der Waals surface area (Å²) in [5.41, 5.74) is 7.15. The first-order chi connectivity index (χ1) is 9.69. The van der Waals surface area contributed by atoms with E-state index in [0.717, 1.165) is 16.5 Å². The number of nitriles is 3. The molecule has 2 rings (SSSR count). The molecule has 0 saturated heterocycles. The van der Waals surface area contributed by atoms with Crippen LogP contribution in [0, 0.1) is 34.0 Å². The minimum atomic E-state index is -0.263. The summed E-state index contributed by atoms with van der Waals surface area (Å²) in [5, 5.41) is 27.7. The summed E-state index contributed by atoms with van der Waals surface area (Å²) in [6, 6.07) is 12.8. The number of H-pyrrole nitrogens is 1. The van der Waals surface area contributed by atoms with Gasteiger partial charge in [-0.05, 0) is 35.2 Å². The van der Waals surface area contributed by atoms with Crippen LogP contribution in [0.1, 0.15) is 5.56 Å². The Kier molecular flexibility index (Phi) is 3.52. The number of nitrogens with zero attached hydrogens (tertiary/aromatic N) is 3. The fraction of sp³-hybridized carbons (Fsp3) is 0. The number of benzene rings is 1. The van der Waals surface area contributed by atoms with Crippen LogP contribution in [0.2, 0.25) is 0 Å². The van der Waals surface area contributed by atoms with E-state index < -0.39 is 0 Å². The summed E-state index contributed by atoms with van der Waals surface area (Å²) in [5.74, 6) is 0. The molecule has 1 aromatic carbocycles. The van der Waals surface area contributed by atoms with Crippen LogP contribution in [-0.4, -0.2) is 4.98 Å². The number of fused-ring (bicyclic) bond motifs is 1. The second-order valence-corrected chi connectivity index (χ2v) is 4.01. The van der Waals surface area contributed by atoms with Crippen molar-refractivity contribution >= 4 is 17.0 Å². The first-order valence-corrected chi connectivity index (χ1v) is 5.69. The highest BCUT2D eigenvalue weighted by molar-refractivity contribution is 5.82. The molecule has 0 aliphatic heterocycles. The molecule has 0 aliphatic carbocycles. The molecule has 5 heteroatoms. The number of hydrogen-bond donors (Lipinski definition) is 2. The predicted molar refractivity (Wildman–Crippen MR) is 74.3 cm³/mol. The third-order valence-corrected chi connectivity index (χ3v) is 2.79. The molecule has 0 unspecified atom stereocenters. The van der Waals surface area contributed by atoms with Gasteiger partial charge in [0.2, 0.25) is 0 Å². The normalized spacial score (nSPS) is 10.3. The second-order valence-electron chi connectivity index (χ2n) is 4.01. The van der Waals surface area contributed by atoms with Crippen LogP contribution in [0.3, 0.4) is 0 Å². The summed E-state index contributed by atoms with van der Waals surface area (Å²) in [4.78, 5) is 3.07. The first-order valence-electron chi connectivity index (χ1n) is 5.69. The molecule has 0 bridgehead atoms. The van der Waals surface area contributed by atoms with Crippen LogP contribution in [-0.2, 0) is 0 Å². The lowest BCUT2D eigenvalue weighted by Crippen LogP contribution is -2.03. The largest absolute Gasteiger partial charge is 0.396 e. The maximum Gasteiger partial charge on any atom is 0.153 e. The van der Waals surface area contributed by atoms with Crippen LogP contribution >= 0.6 is 0 Å². The minimum Gasteiger partial charge on any atom is -0.396 e. The molecule has 0 fully saturated rings. The van der Waals surface area contributed by atoms with Crippen molar-refractivity contribution in [2.45, 2.75) is 0 Å². The second kappa shape index (κ2) is 5.44. The Morgan fingerprint density at radius 3 is 2.50 bits per heavy atom. The molecule has 5 nitrogen and oxygen atoms in total. The predicted octanol–water partition coefficient (Wildman–Crippen LogP) is 2.33. The van der Waals surface area contributed by atoms with E-state index in [-0.39, 0.29) is 16.8 Å². The van der Waals surface area contributed by atoms with Crippen molar-refractivity contribution in [3.63, 3.8) is 0 Å². The summed E-state index contributed by atoms with van der Waals surface area (Å²) in [6.07, 6.45) is 3.37. The smallest absolute Gasteiger partial charge is 0.153 e. The average Bonchev–Trinajstić information content (AvgIpc) is 2.93. The van der Waals surface area contributed by atoms with Crippen molar-refractivity contribution in [3.05, 3.63) is 52.9 Å². The Hall–Kier alpha value is -3.49. The van der Waals surface area contributed by atoms with Crippen molar-refractivity contribution in [3.8, 4) is 18.2 Å². The number of hydrogen-bond acceptors (Lipinski definition) is 4. The fourth-order valence-corrected chi connectivity index (χ4v) is 1.78. The lowest BCUT2D eigenvalue weighted by Gasteiger charge is -2.00. The van der Waals surface area contributed by atoms with Crippen molar-refractivity contribution in [2.24, 2.45) is 5.73 Å². The monoisotopic (exact) mass is 259 g/mol. The van der Waals surface area contributed by atoms with Crippen molar-refractivity contribution in [2.75, 3.05) is 0 Å². The van der Waals surface area contributed by atoms with Crippen molar-refractivity contribution < 1.29 is 0 Å². The third kappa shape index (κ3) is 2.36. The van der Waals surface area contributed by atoms with Crippen LogP contribution in [0.15, 0.2) is 47.3 Å². The van der Waals surface area contributed by atoms with Gasteiger partial charge >= 0.3 is 0 Å². The quantitative estimate of drug-likeness (QED) is 0.636. The first kappa shape index (κ1) is 13.0. The summed E-state index contributed by atoms with van der Waals surface area (Å²) < 4.78 is 0. The van der Waals surface area contributed by atoms with E-state index in [9.17, 15) is 0 Å². The lowest BCUT2D eigenvalue weighted by molar-refractivity contribution is 1.31. The Morgan fingerprint density at radius 1 is 1.10 bits per heavy atom. The van der Waals surface area contributed by atoms with Gasteiger partial charge in [0.05, 0.1) is 11.3 Å². The summed E-state index contributed by atoms with van der Waals surface area (Å²) in [7, 11) is 0. The van der Waals surface area contributed by atoms with Gasteiger partial charge in [0, 0.05) is 11.7 Å². The van der Waals surface area contributed by atoms with E-state index in [1.807, 2.05) is 36.5 Å². The van der Waals surface area contributed by atoms with E-state index >= 15 is 0 Å². The van der Waals surface area contributed by atoms with Gasteiger partial charge in [-0.3, -0.25) is 0 Å². The zero-order chi connectivity index (χ0) is 14.5. The van der Waals surface area contributed by atoms with Gasteiger partial charge < -0.3 is 10.7 Å². The van der Waals surface area contributed by atoms with Gasteiger partial charge in [-0.25, -0.2) is 0 Å². The SMILES string of the molecule is N#CC(C#N)=C(N)/C(C#N)=C\c1ccc2[nH]ccc2c1. The van der Waals surface area contributed by atoms with Gasteiger partial charge in [-0.15, -0.1) is 0 Å². The highest BCUT2D eigenvalue weighted by atomic mass is 14.7. The number of nitrogens with two attached hydrogens (primary N) is 1. The number of rotatable bonds is 2. The number of allylic oxidation sites excluding steroid dienone is 2. The molecule has 0 spiro atoms. The zero-order valence-corrected chi connectivity index (χ0v) is 10.4. The molecule has 0 aliphatic rings. The Labute approximate surface area is 115 Å². The van der Waals surface area contributed by atoms with Crippen LogP contribution in [0.25, 0.3) is 17.0 Å². The standard InChI is InChI=1S/C15H9N5/c16-7-12(15(19)13(8-17)9-18)6-10-1-2-14-11(5-10)3-4-20-14/h1-6,20H,19H2/b12-6-. The highest BCUT2D eigenvalue weighted by Gasteiger charge is 2.08. The van der Waals surface area contributed by atoms with E-state index in [1.165, 1.54) is 0 Å². The van der Waals surface area contributed by atoms with Gasteiger partial charge in [0.25, 0.3) is 0 Å². The molecule has 94 valence electrons. The Balaban J connectivity index is 2.52. The van der Waals surface area contributed by atoms with Crippen LogP contribution < -0.4 is 5.73 Å². The molecule has 1 aromatic heterocycles. The van der Waals surface area contributed by atoms with Gasteiger partial charge in [0.1, 0.15) is 18.2 Å². The fourth-order valence-electron chi connectivity index (χ4n) is 1.78. The molecular formula is C15H9N5. The Morgan fingerprint density at radius 2 is 1.85 bits per heavy atom. The highest BCUT2D eigenvalue weighted by Crippen LogP contribution is 2.18. The molecule has 0 amide bonds. The van der Waals surface area contributed by atoms with E-state index in [1.54, 1.807) is 18.2 Å². The van der Waals surface area contributed by atoms with E-state index in [0.29, 0.717) is 0 Å². The van der Waals surface area contributed by atoms with E-state index in [2.05, 4.69) is 4.98 Å². The minimum absolute atomic E-state index is 0.0954. The lowest BCUT2D eigenvalue weighted by atomic mass is 10.1. The van der Waals surface area contributed by atoms with Gasteiger partial charge in [-0.1, -0.05) is 6.07 Å². The van der Waals surface area contributed by atoms with Crippen molar-refractivity contribution in [1.29, 1.82) is 15.8 Å². The molecule has 20 heavy (non-hydrogen) atoms. The number of nitrogens with one attached hydrogen (secondary N) is 1. The third-order valence-electron chi connectivity index (χ3n) is 2.79. The van der Waals surface area contributed by atoms with E-state index in [4.69, 9.17) is 21.5 Å². The molecule has 0 saturated carbocycles. The molecule has 2 aromatic rings.